The molecule has 9 aromatic rings. The third kappa shape index (κ3) is 5.05. The molecule has 1 aromatic heterocycles. The Morgan fingerprint density at radius 1 is 0.377 bits per heavy atom. The predicted molar refractivity (Wildman–Crippen MR) is 228 cm³/mol. The van der Waals surface area contributed by atoms with Crippen molar-refractivity contribution in [2.75, 3.05) is 4.90 Å². The van der Waals surface area contributed by atoms with E-state index in [2.05, 4.69) is 207 Å². The zero-order valence-corrected chi connectivity index (χ0v) is 30.6. The minimum atomic E-state index is -0.0897. The zero-order valence-electron chi connectivity index (χ0n) is 29.8. The highest BCUT2D eigenvalue weighted by Crippen LogP contribution is 2.54. The van der Waals surface area contributed by atoms with Gasteiger partial charge in [-0.1, -0.05) is 166 Å². The van der Waals surface area contributed by atoms with Gasteiger partial charge in [-0.25, -0.2) is 0 Å². The fourth-order valence-electron chi connectivity index (χ4n) is 8.60. The fourth-order valence-corrected chi connectivity index (χ4v) is 9.69. The molecule has 0 N–H and O–H groups in total. The minimum absolute atomic E-state index is 0.0897. The molecule has 0 spiro atoms. The Morgan fingerprint density at radius 2 is 0.906 bits per heavy atom. The summed E-state index contributed by atoms with van der Waals surface area (Å²) in [4.78, 5) is 2.51. The normalized spacial score (nSPS) is 12.9. The molecule has 0 saturated carbocycles. The maximum Gasteiger partial charge on any atom is 0.0540 e. The molecule has 1 aliphatic rings. The molecule has 0 atom stereocenters. The molecule has 2 heteroatoms. The van der Waals surface area contributed by atoms with Crippen LogP contribution in [0.25, 0.3) is 64.7 Å². The Kier molecular flexibility index (Phi) is 7.42. The van der Waals surface area contributed by atoms with Gasteiger partial charge < -0.3 is 4.90 Å². The molecule has 0 bridgehead atoms. The van der Waals surface area contributed by atoms with E-state index in [1.54, 1.807) is 0 Å². The number of fused-ring (bicyclic) bond motifs is 6. The summed E-state index contributed by atoms with van der Waals surface area (Å²) < 4.78 is 2.63. The number of para-hydroxylation sites is 3. The van der Waals surface area contributed by atoms with Crippen LogP contribution in [0.3, 0.4) is 0 Å². The van der Waals surface area contributed by atoms with Gasteiger partial charge in [0.2, 0.25) is 0 Å². The second kappa shape index (κ2) is 12.5. The standard InChI is InChI=1S/C51H37NS/c1-51(2)43-25-11-6-23-41(43)50-40(24-16-26-44(50)51)38-21-9-14-29-47(38)52(45-27-12-7-19-36(45)34-17-4-3-5-18-34)46-28-13-8-20-37(46)35-31-32-49-42(33-35)39-22-10-15-30-48(39)53-49/h3-33H,1-2H3. The van der Waals surface area contributed by atoms with E-state index in [1.807, 2.05) is 11.3 Å². The summed E-state index contributed by atoms with van der Waals surface area (Å²) in [5, 5.41) is 2.61. The monoisotopic (exact) mass is 695 g/mol. The topological polar surface area (TPSA) is 3.24 Å². The number of hydrogen-bond donors (Lipinski definition) is 0. The third-order valence-electron chi connectivity index (χ3n) is 11.1. The molecule has 0 saturated heterocycles. The van der Waals surface area contributed by atoms with Crippen LogP contribution in [0, 0.1) is 0 Å². The van der Waals surface area contributed by atoms with Crippen molar-refractivity contribution in [3.8, 4) is 44.5 Å². The van der Waals surface area contributed by atoms with Crippen LogP contribution in [-0.4, -0.2) is 0 Å². The molecule has 0 unspecified atom stereocenters. The molecule has 0 fully saturated rings. The van der Waals surface area contributed by atoms with Crippen molar-refractivity contribution in [1.82, 2.24) is 0 Å². The lowest BCUT2D eigenvalue weighted by atomic mass is 9.82. The summed E-state index contributed by atoms with van der Waals surface area (Å²) in [6.07, 6.45) is 0. The van der Waals surface area contributed by atoms with E-state index in [0.717, 1.165) is 17.1 Å². The van der Waals surface area contributed by atoms with E-state index in [9.17, 15) is 0 Å². The third-order valence-corrected chi connectivity index (χ3v) is 12.3. The molecule has 252 valence electrons. The second-order valence-electron chi connectivity index (χ2n) is 14.5. The van der Waals surface area contributed by atoms with Crippen LogP contribution in [0.2, 0.25) is 0 Å². The first kappa shape index (κ1) is 31.5. The number of rotatable bonds is 6. The van der Waals surface area contributed by atoms with Gasteiger partial charge in [0.25, 0.3) is 0 Å². The lowest BCUT2D eigenvalue weighted by Gasteiger charge is -2.32. The molecule has 0 aliphatic heterocycles. The summed E-state index contributed by atoms with van der Waals surface area (Å²) in [6, 6.07) is 69.1. The second-order valence-corrected chi connectivity index (χ2v) is 15.5. The van der Waals surface area contributed by atoms with Gasteiger partial charge in [0.05, 0.1) is 17.1 Å². The average molecular weight is 696 g/mol. The number of anilines is 3. The molecule has 1 heterocycles. The number of thiophene rings is 1. The number of benzene rings is 8. The predicted octanol–water partition coefficient (Wildman–Crippen LogP) is 14.8. The maximum atomic E-state index is 2.51. The summed E-state index contributed by atoms with van der Waals surface area (Å²) in [7, 11) is 0. The van der Waals surface area contributed by atoms with E-state index in [0.29, 0.717) is 0 Å². The van der Waals surface area contributed by atoms with Crippen LogP contribution in [-0.2, 0) is 5.41 Å². The molecule has 1 aliphatic carbocycles. The smallest absolute Gasteiger partial charge is 0.0540 e. The Balaban J connectivity index is 1.25. The van der Waals surface area contributed by atoms with Gasteiger partial charge in [-0.3, -0.25) is 0 Å². The largest absolute Gasteiger partial charge is 0.309 e. The molecule has 53 heavy (non-hydrogen) atoms. The summed E-state index contributed by atoms with van der Waals surface area (Å²) in [6.45, 7) is 4.72. The molecule has 0 radical (unpaired) electrons. The highest BCUT2D eigenvalue weighted by molar-refractivity contribution is 7.25. The van der Waals surface area contributed by atoms with Gasteiger partial charge in [-0.2, -0.15) is 0 Å². The summed E-state index contributed by atoms with van der Waals surface area (Å²) in [5.41, 5.74) is 15.9. The van der Waals surface area contributed by atoms with Crippen LogP contribution in [0.5, 0.6) is 0 Å². The molecule has 0 amide bonds. The first-order valence-corrected chi connectivity index (χ1v) is 19.2. The van der Waals surface area contributed by atoms with Gasteiger partial charge in [0.1, 0.15) is 0 Å². The van der Waals surface area contributed by atoms with E-state index >= 15 is 0 Å². The Labute approximate surface area is 315 Å². The van der Waals surface area contributed by atoms with Crippen molar-refractivity contribution in [3.05, 3.63) is 199 Å². The first-order valence-electron chi connectivity index (χ1n) is 18.4. The van der Waals surface area contributed by atoms with Crippen molar-refractivity contribution < 1.29 is 0 Å². The zero-order chi connectivity index (χ0) is 35.5. The van der Waals surface area contributed by atoms with Crippen LogP contribution in [0.4, 0.5) is 17.1 Å². The number of nitrogens with zero attached hydrogens (tertiary/aromatic N) is 1. The quantitative estimate of drug-likeness (QED) is 0.167. The van der Waals surface area contributed by atoms with E-state index in [-0.39, 0.29) is 5.41 Å². The molecule has 10 rings (SSSR count). The van der Waals surface area contributed by atoms with E-state index in [4.69, 9.17) is 0 Å². The molecular formula is C51H37NS. The van der Waals surface area contributed by atoms with Gasteiger partial charge in [-0.05, 0) is 75.3 Å². The Hall–Kier alpha value is -6.22. The van der Waals surface area contributed by atoms with Crippen LogP contribution < -0.4 is 4.90 Å². The summed E-state index contributed by atoms with van der Waals surface area (Å²) in [5.74, 6) is 0. The van der Waals surface area contributed by atoms with E-state index < -0.39 is 0 Å². The van der Waals surface area contributed by atoms with Gasteiger partial charge in [0, 0.05) is 42.3 Å². The average Bonchev–Trinajstić information content (AvgIpc) is 3.70. The van der Waals surface area contributed by atoms with Crippen LogP contribution in [0.15, 0.2) is 188 Å². The lowest BCUT2D eigenvalue weighted by Crippen LogP contribution is -2.15. The fraction of sp³-hybridized carbons (Fsp3) is 0.0588. The van der Waals surface area contributed by atoms with Crippen molar-refractivity contribution in [2.45, 2.75) is 19.3 Å². The van der Waals surface area contributed by atoms with Gasteiger partial charge in [-0.15, -0.1) is 11.3 Å². The van der Waals surface area contributed by atoms with Crippen molar-refractivity contribution in [3.63, 3.8) is 0 Å². The van der Waals surface area contributed by atoms with Gasteiger partial charge >= 0.3 is 0 Å². The van der Waals surface area contributed by atoms with Crippen LogP contribution >= 0.6 is 11.3 Å². The Bertz CT molecular complexity index is 2820. The van der Waals surface area contributed by atoms with Crippen molar-refractivity contribution >= 4 is 48.6 Å². The Morgan fingerprint density at radius 3 is 1.66 bits per heavy atom. The first-order chi connectivity index (χ1) is 26.1. The van der Waals surface area contributed by atoms with Gasteiger partial charge in [0.15, 0.2) is 0 Å². The van der Waals surface area contributed by atoms with Crippen molar-refractivity contribution in [1.29, 1.82) is 0 Å². The summed E-state index contributed by atoms with van der Waals surface area (Å²) >= 11 is 1.86. The van der Waals surface area contributed by atoms with E-state index in [1.165, 1.54) is 75.8 Å². The molecule has 1 nitrogen and oxygen atoms in total. The number of hydrogen-bond acceptors (Lipinski definition) is 2. The van der Waals surface area contributed by atoms with Crippen LogP contribution in [0.1, 0.15) is 25.0 Å². The SMILES string of the molecule is CC1(C)c2ccccc2-c2c(-c3ccccc3N(c3ccccc3-c3ccccc3)c3ccccc3-c3ccc4sc5ccccc5c4c3)cccc21. The highest BCUT2D eigenvalue weighted by atomic mass is 32.1. The lowest BCUT2D eigenvalue weighted by molar-refractivity contribution is 0.660. The molecular weight excluding hydrogens is 659 g/mol. The maximum absolute atomic E-state index is 2.51. The van der Waals surface area contributed by atoms with Crippen molar-refractivity contribution in [2.24, 2.45) is 0 Å². The minimum Gasteiger partial charge on any atom is -0.309 e. The highest BCUT2D eigenvalue weighted by Gasteiger charge is 2.37. The molecule has 8 aromatic carbocycles.